The summed E-state index contributed by atoms with van der Waals surface area (Å²) in [5.74, 6) is 0.0778. The summed E-state index contributed by atoms with van der Waals surface area (Å²) in [6.45, 7) is 0. The van der Waals surface area contributed by atoms with Crippen LogP contribution in [-0.2, 0) is 0 Å². The van der Waals surface area contributed by atoms with Crippen LogP contribution in [-0.4, -0.2) is 22.3 Å². The minimum absolute atomic E-state index is 0.0778. The molecule has 0 radical (unpaired) electrons. The molecule has 0 atom stereocenters. The summed E-state index contributed by atoms with van der Waals surface area (Å²) < 4.78 is 5.18. The first-order chi connectivity index (χ1) is 8.76. The highest BCUT2D eigenvalue weighted by Crippen LogP contribution is 2.33. The third kappa shape index (κ3) is 2.62. The zero-order valence-corrected chi connectivity index (χ0v) is 11.2. The fourth-order valence-electron chi connectivity index (χ4n) is 1.42. The number of benzene rings is 1. The van der Waals surface area contributed by atoms with Crippen molar-refractivity contribution < 1.29 is 9.62 Å². The maximum absolute atomic E-state index is 8.86. The van der Waals surface area contributed by atoms with Crippen LogP contribution in [0.3, 0.4) is 0 Å². The Kier molecular flexibility index (Phi) is 4.16. The number of rotatable bonds is 4. The molecule has 0 saturated carbocycles. The minimum atomic E-state index is 0.0778. The summed E-state index contributed by atoms with van der Waals surface area (Å²) in [5, 5.41) is 12.5. The monoisotopic (exact) mass is 281 g/mol. The van der Waals surface area contributed by atoms with Crippen molar-refractivity contribution in [1.82, 2.24) is 4.98 Å². The Labute approximate surface area is 112 Å². The first-order valence-electron chi connectivity index (χ1n) is 4.98. The SMILES string of the molecule is CSc1cccc(Sc2ncco2)c1/C(N)=N/O. The van der Waals surface area contributed by atoms with Gasteiger partial charge in [-0.2, -0.15) is 0 Å². The van der Waals surface area contributed by atoms with E-state index < -0.39 is 0 Å². The van der Waals surface area contributed by atoms with Crippen molar-refractivity contribution in [3.05, 3.63) is 36.2 Å². The molecule has 0 amide bonds. The van der Waals surface area contributed by atoms with Crippen molar-refractivity contribution in [2.24, 2.45) is 10.9 Å². The molecule has 0 spiro atoms. The van der Waals surface area contributed by atoms with E-state index >= 15 is 0 Å². The zero-order valence-electron chi connectivity index (χ0n) is 9.53. The van der Waals surface area contributed by atoms with Crippen LogP contribution in [0, 0.1) is 0 Å². The molecule has 1 heterocycles. The summed E-state index contributed by atoms with van der Waals surface area (Å²) >= 11 is 2.86. The number of oxime groups is 1. The van der Waals surface area contributed by atoms with Crippen LogP contribution in [0.4, 0.5) is 0 Å². The molecule has 0 bridgehead atoms. The van der Waals surface area contributed by atoms with Crippen molar-refractivity contribution in [1.29, 1.82) is 0 Å². The van der Waals surface area contributed by atoms with E-state index in [0.717, 1.165) is 9.79 Å². The molecule has 7 heteroatoms. The molecule has 0 aliphatic carbocycles. The Bertz CT molecular complexity index is 555. The topological polar surface area (TPSA) is 84.6 Å². The minimum Gasteiger partial charge on any atom is -0.440 e. The van der Waals surface area contributed by atoms with Gasteiger partial charge < -0.3 is 15.4 Å². The van der Waals surface area contributed by atoms with E-state index in [4.69, 9.17) is 15.4 Å². The molecule has 2 aromatic rings. The van der Waals surface area contributed by atoms with Gasteiger partial charge >= 0.3 is 0 Å². The Morgan fingerprint density at radius 1 is 1.44 bits per heavy atom. The molecule has 0 saturated heterocycles. The van der Waals surface area contributed by atoms with E-state index in [1.165, 1.54) is 29.8 Å². The molecule has 1 aromatic carbocycles. The van der Waals surface area contributed by atoms with E-state index in [1.54, 1.807) is 6.20 Å². The zero-order chi connectivity index (χ0) is 13.0. The molecule has 1 aromatic heterocycles. The quantitative estimate of drug-likeness (QED) is 0.295. The summed E-state index contributed by atoms with van der Waals surface area (Å²) in [4.78, 5) is 5.80. The summed E-state index contributed by atoms with van der Waals surface area (Å²) in [6, 6.07) is 5.70. The smallest absolute Gasteiger partial charge is 0.260 e. The molecule has 0 fully saturated rings. The van der Waals surface area contributed by atoms with Crippen LogP contribution < -0.4 is 5.73 Å². The predicted molar refractivity (Wildman–Crippen MR) is 71.4 cm³/mol. The van der Waals surface area contributed by atoms with Gasteiger partial charge in [-0.15, -0.1) is 11.8 Å². The highest BCUT2D eigenvalue weighted by molar-refractivity contribution is 7.99. The fourth-order valence-corrected chi connectivity index (χ4v) is 2.99. The molecule has 3 N–H and O–H groups in total. The van der Waals surface area contributed by atoms with E-state index in [2.05, 4.69) is 10.1 Å². The molecule has 0 aliphatic rings. The standard InChI is InChI=1S/C11H11N3O2S2/c1-17-7-3-2-4-8(9(7)10(12)14-15)18-11-13-5-6-16-11/h2-6,15H,1H3,(H2,12,14). The lowest BCUT2D eigenvalue weighted by Crippen LogP contribution is -2.15. The first-order valence-corrected chi connectivity index (χ1v) is 7.02. The van der Waals surface area contributed by atoms with Gasteiger partial charge in [0, 0.05) is 15.4 Å². The van der Waals surface area contributed by atoms with E-state index in [9.17, 15) is 0 Å². The molecule has 0 unspecified atom stereocenters. The fraction of sp³-hybridized carbons (Fsp3) is 0.0909. The van der Waals surface area contributed by atoms with Gasteiger partial charge in [0.2, 0.25) is 0 Å². The Morgan fingerprint density at radius 2 is 2.22 bits per heavy atom. The molecule has 18 heavy (non-hydrogen) atoms. The molecule has 2 rings (SSSR count). The number of thioether (sulfide) groups is 1. The second kappa shape index (κ2) is 5.83. The van der Waals surface area contributed by atoms with Gasteiger partial charge in [-0.05, 0) is 30.2 Å². The van der Waals surface area contributed by atoms with Crippen molar-refractivity contribution in [2.45, 2.75) is 15.0 Å². The van der Waals surface area contributed by atoms with Gasteiger partial charge in [0.1, 0.15) is 6.26 Å². The number of nitrogens with two attached hydrogens (primary N) is 1. The first kappa shape index (κ1) is 12.8. The highest BCUT2D eigenvalue weighted by Gasteiger charge is 2.14. The average molecular weight is 281 g/mol. The van der Waals surface area contributed by atoms with Crippen LogP contribution in [0.1, 0.15) is 5.56 Å². The average Bonchev–Trinajstić information content (AvgIpc) is 2.90. The lowest BCUT2D eigenvalue weighted by Gasteiger charge is -2.10. The second-order valence-electron chi connectivity index (χ2n) is 3.22. The van der Waals surface area contributed by atoms with Gasteiger partial charge in [-0.25, -0.2) is 4.98 Å². The van der Waals surface area contributed by atoms with Gasteiger partial charge in [0.15, 0.2) is 5.84 Å². The summed E-state index contributed by atoms with van der Waals surface area (Å²) in [7, 11) is 0. The van der Waals surface area contributed by atoms with E-state index in [-0.39, 0.29) is 5.84 Å². The van der Waals surface area contributed by atoms with E-state index in [0.29, 0.717) is 10.8 Å². The molecular weight excluding hydrogens is 270 g/mol. The highest BCUT2D eigenvalue weighted by atomic mass is 32.2. The van der Waals surface area contributed by atoms with Crippen LogP contribution in [0.25, 0.3) is 0 Å². The number of oxazole rings is 1. The summed E-state index contributed by atoms with van der Waals surface area (Å²) in [6.07, 6.45) is 5.01. The number of nitrogens with zero attached hydrogens (tertiary/aromatic N) is 2. The van der Waals surface area contributed by atoms with Crippen molar-refractivity contribution in [3.63, 3.8) is 0 Å². The van der Waals surface area contributed by atoms with Gasteiger partial charge in [0.25, 0.3) is 5.22 Å². The maximum Gasteiger partial charge on any atom is 0.260 e. The largest absolute Gasteiger partial charge is 0.440 e. The molecule has 94 valence electrons. The molecule has 5 nitrogen and oxygen atoms in total. The van der Waals surface area contributed by atoms with Gasteiger partial charge in [-0.1, -0.05) is 11.2 Å². The Morgan fingerprint density at radius 3 is 2.83 bits per heavy atom. The normalized spacial score (nSPS) is 11.7. The van der Waals surface area contributed by atoms with Crippen LogP contribution in [0.15, 0.2) is 55.2 Å². The lowest BCUT2D eigenvalue weighted by atomic mass is 10.2. The summed E-state index contributed by atoms with van der Waals surface area (Å²) in [5.41, 5.74) is 6.41. The van der Waals surface area contributed by atoms with Crippen LogP contribution in [0.5, 0.6) is 0 Å². The van der Waals surface area contributed by atoms with Crippen LogP contribution in [0.2, 0.25) is 0 Å². The van der Waals surface area contributed by atoms with E-state index in [1.807, 2.05) is 24.5 Å². The number of hydrogen-bond acceptors (Lipinski definition) is 6. The Balaban J connectivity index is 2.46. The number of aromatic nitrogens is 1. The third-order valence-corrected chi connectivity index (χ3v) is 3.90. The maximum atomic E-state index is 8.86. The van der Waals surface area contributed by atoms with Crippen molar-refractivity contribution >= 4 is 29.4 Å². The Hall–Kier alpha value is -1.60. The number of hydrogen-bond donors (Lipinski definition) is 2. The van der Waals surface area contributed by atoms with Gasteiger partial charge in [0.05, 0.1) is 6.20 Å². The van der Waals surface area contributed by atoms with Gasteiger partial charge in [-0.3, -0.25) is 0 Å². The van der Waals surface area contributed by atoms with Crippen molar-refractivity contribution in [2.75, 3.05) is 6.26 Å². The molecular formula is C11H11N3O2S2. The van der Waals surface area contributed by atoms with Crippen molar-refractivity contribution in [3.8, 4) is 0 Å². The lowest BCUT2D eigenvalue weighted by molar-refractivity contribution is 0.318. The third-order valence-electron chi connectivity index (χ3n) is 2.18. The second-order valence-corrected chi connectivity index (χ2v) is 5.06. The molecule has 0 aliphatic heterocycles. The van der Waals surface area contributed by atoms with Crippen LogP contribution >= 0.6 is 23.5 Å². The predicted octanol–water partition coefficient (Wildman–Crippen LogP) is 2.64. The number of amidine groups is 1.